The Morgan fingerprint density at radius 2 is 1.95 bits per heavy atom. The summed E-state index contributed by atoms with van der Waals surface area (Å²) in [7, 11) is 0. The molecule has 1 aromatic heterocycles. The standard InChI is InChI=1S/C15H15ClN2O/c1-9-4-5-12(8-14(9)16)18-15(19)13-6-7-17-11(3)10(13)2/h4-8H,1-3H3,(H,18,19). The van der Waals surface area contributed by atoms with E-state index in [1.54, 1.807) is 18.3 Å². The maximum Gasteiger partial charge on any atom is 0.256 e. The lowest BCUT2D eigenvalue weighted by Crippen LogP contribution is -2.14. The maximum absolute atomic E-state index is 12.2. The zero-order valence-corrected chi connectivity index (χ0v) is 11.9. The van der Waals surface area contributed by atoms with Crippen molar-refractivity contribution >= 4 is 23.2 Å². The van der Waals surface area contributed by atoms with Crippen LogP contribution in [0.4, 0.5) is 5.69 Å². The summed E-state index contributed by atoms with van der Waals surface area (Å²) in [5, 5.41) is 3.48. The molecule has 0 bridgehead atoms. The Bertz CT molecular complexity index is 638. The number of amides is 1. The predicted molar refractivity (Wildman–Crippen MR) is 77.9 cm³/mol. The third-order valence-electron chi connectivity index (χ3n) is 3.13. The van der Waals surface area contributed by atoms with Gasteiger partial charge in [-0.3, -0.25) is 9.78 Å². The van der Waals surface area contributed by atoms with Crippen LogP contribution in [0.2, 0.25) is 5.02 Å². The number of hydrogen-bond acceptors (Lipinski definition) is 2. The number of rotatable bonds is 2. The molecule has 1 amide bonds. The summed E-state index contributed by atoms with van der Waals surface area (Å²) in [6, 6.07) is 7.18. The molecular weight excluding hydrogens is 260 g/mol. The zero-order valence-electron chi connectivity index (χ0n) is 11.1. The second-order valence-corrected chi connectivity index (χ2v) is 4.89. The van der Waals surface area contributed by atoms with Gasteiger partial charge >= 0.3 is 0 Å². The quantitative estimate of drug-likeness (QED) is 0.902. The van der Waals surface area contributed by atoms with E-state index >= 15 is 0 Å². The molecule has 98 valence electrons. The summed E-state index contributed by atoms with van der Waals surface area (Å²) in [4.78, 5) is 16.4. The highest BCUT2D eigenvalue weighted by atomic mass is 35.5. The topological polar surface area (TPSA) is 42.0 Å². The van der Waals surface area contributed by atoms with Crippen molar-refractivity contribution in [3.8, 4) is 0 Å². The molecule has 0 saturated heterocycles. The number of aromatic nitrogens is 1. The summed E-state index contributed by atoms with van der Waals surface area (Å²) in [5.41, 5.74) is 4.04. The van der Waals surface area contributed by atoms with Gasteiger partial charge in [-0.1, -0.05) is 17.7 Å². The minimum Gasteiger partial charge on any atom is -0.322 e. The van der Waals surface area contributed by atoms with Gasteiger partial charge in [-0.2, -0.15) is 0 Å². The molecule has 0 spiro atoms. The van der Waals surface area contributed by atoms with E-state index in [1.807, 2.05) is 32.9 Å². The molecule has 0 saturated carbocycles. The number of carbonyl (C=O) groups excluding carboxylic acids is 1. The highest BCUT2D eigenvalue weighted by molar-refractivity contribution is 6.31. The van der Waals surface area contributed by atoms with E-state index in [9.17, 15) is 4.79 Å². The van der Waals surface area contributed by atoms with E-state index in [1.165, 1.54) is 0 Å². The van der Waals surface area contributed by atoms with Crippen molar-refractivity contribution in [2.75, 3.05) is 5.32 Å². The Balaban J connectivity index is 2.26. The summed E-state index contributed by atoms with van der Waals surface area (Å²) in [6.07, 6.45) is 1.64. The van der Waals surface area contributed by atoms with Gasteiger partial charge in [-0.05, 0) is 50.1 Å². The van der Waals surface area contributed by atoms with Crippen molar-refractivity contribution in [3.63, 3.8) is 0 Å². The molecule has 0 atom stereocenters. The number of carbonyl (C=O) groups is 1. The Morgan fingerprint density at radius 3 is 2.63 bits per heavy atom. The molecule has 3 nitrogen and oxygen atoms in total. The van der Waals surface area contributed by atoms with Crippen LogP contribution in [-0.2, 0) is 0 Å². The normalized spacial score (nSPS) is 10.3. The third-order valence-corrected chi connectivity index (χ3v) is 3.54. The summed E-state index contributed by atoms with van der Waals surface area (Å²) >= 11 is 6.04. The van der Waals surface area contributed by atoms with Crippen LogP contribution < -0.4 is 5.32 Å². The number of nitrogens with zero attached hydrogens (tertiary/aromatic N) is 1. The SMILES string of the molecule is Cc1ccc(NC(=O)c2ccnc(C)c2C)cc1Cl. The van der Waals surface area contributed by atoms with Crippen LogP contribution in [0.3, 0.4) is 0 Å². The van der Waals surface area contributed by atoms with E-state index < -0.39 is 0 Å². The summed E-state index contributed by atoms with van der Waals surface area (Å²) < 4.78 is 0. The van der Waals surface area contributed by atoms with E-state index in [-0.39, 0.29) is 5.91 Å². The molecule has 2 aromatic rings. The van der Waals surface area contributed by atoms with Crippen molar-refractivity contribution in [2.24, 2.45) is 0 Å². The number of anilines is 1. The van der Waals surface area contributed by atoms with Gasteiger partial charge in [0.05, 0.1) is 0 Å². The lowest BCUT2D eigenvalue weighted by Gasteiger charge is -2.09. The molecule has 0 fully saturated rings. The summed E-state index contributed by atoms with van der Waals surface area (Å²) in [5.74, 6) is -0.150. The van der Waals surface area contributed by atoms with Gasteiger partial charge in [-0.15, -0.1) is 0 Å². The molecule has 0 radical (unpaired) electrons. The van der Waals surface area contributed by atoms with Crippen LogP contribution in [0, 0.1) is 20.8 Å². The lowest BCUT2D eigenvalue weighted by molar-refractivity contribution is 0.102. The Morgan fingerprint density at radius 1 is 1.21 bits per heavy atom. The first kappa shape index (κ1) is 13.6. The van der Waals surface area contributed by atoms with E-state index in [2.05, 4.69) is 10.3 Å². The van der Waals surface area contributed by atoms with Gasteiger partial charge < -0.3 is 5.32 Å². The highest BCUT2D eigenvalue weighted by Gasteiger charge is 2.11. The van der Waals surface area contributed by atoms with Crippen molar-refractivity contribution in [2.45, 2.75) is 20.8 Å². The molecule has 1 N–H and O–H groups in total. The van der Waals surface area contributed by atoms with Crippen molar-refractivity contribution in [1.29, 1.82) is 0 Å². The van der Waals surface area contributed by atoms with Gasteiger partial charge in [0, 0.05) is 28.2 Å². The molecule has 0 unspecified atom stereocenters. The molecular formula is C15H15ClN2O. The minimum absolute atomic E-state index is 0.150. The number of nitrogens with one attached hydrogen (secondary N) is 1. The maximum atomic E-state index is 12.2. The van der Waals surface area contributed by atoms with Crippen molar-refractivity contribution < 1.29 is 4.79 Å². The summed E-state index contributed by atoms with van der Waals surface area (Å²) in [6.45, 7) is 5.69. The molecule has 0 aliphatic rings. The van der Waals surface area contributed by atoms with Crippen LogP contribution in [0.1, 0.15) is 27.2 Å². The fourth-order valence-corrected chi connectivity index (χ4v) is 1.94. The molecule has 0 aliphatic heterocycles. The first-order chi connectivity index (χ1) is 8.99. The zero-order chi connectivity index (χ0) is 14.0. The van der Waals surface area contributed by atoms with E-state index in [4.69, 9.17) is 11.6 Å². The first-order valence-electron chi connectivity index (χ1n) is 5.98. The Kier molecular flexibility index (Phi) is 3.86. The van der Waals surface area contributed by atoms with Crippen LogP contribution in [0.25, 0.3) is 0 Å². The van der Waals surface area contributed by atoms with Gasteiger partial charge in [0.15, 0.2) is 0 Å². The number of halogens is 1. The fraction of sp³-hybridized carbons (Fsp3) is 0.200. The molecule has 19 heavy (non-hydrogen) atoms. The average molecular weight is 275 g/mol. The lowest BCUT2D eigenvalue weighted by atomic mass is 10.1. The number of aryl methyl sites for hydroxylation is 2. The van der Waals surface area contributed by atoms with Crippen LogP contribution in [0.5, 0.6) is 0 Å². The van der Waals surface area contributed by atoms with Gasteiger partial charge in [-0.25, -0.2) is 0 Å². The molecule has 1 heterocycles. The smallest absolute Gasteiger partial charge is 0.256 e. The van der Waals surface area contributed by atoms with E-state index in [0.717, 1.165) is 16.8 Å². The largest absolute Gasteiger partial charge is 0.322 e. The molecule has 4 heteroatoms. The molecule has 1 aromatic carbocycles. The third kappa shape index (κ3) is 2.93. The number of pyridine rings is 1. The van der Waals surface area contributed by atoms with Gasteiger partial charge in [0.1, 0.15) is 0 Å². The number of hydrogen-bond donors (Lipinski definition) is 1. The van der Waals surface area contributed by atoms with Gasteiger partial charge in [0.25, 0.3) is 5.91 Å². The van der Waals surface area contributed by atoms with Crippen molar-refractivity contribution in [1.82, 2.24) is 4.98 Å². The van der Waals surface area contributed by atoms with Crippen LogP contribution >= 0.6 is 11.6 Å². The second kappa shape index (κ2) is 5.41. The minimum atomic E-state index is -0.150. The van der Waals surface area contributed by atoms with Crippen LogP contribution in [0.15, 0.2) is 30.5 Å². The van der Waals surface area contributed by atoms with Crippen molar-refractivity contribution in [3.05, 3.63) is 57.9 Å². The second-order valence-electron chi connectivity index (χ2n) is 4.49. The fourth-order valence-electron chi connectivity index (χ4n) is 1.76. The first-order valence-corrected chi connectivity index (χ1v) is 6.36. The Labute approximate surface area is 117 Å². The molecule has 0 aliphatic carbocycles. The molecule has 2 rings (SSSR count). The van der Waals surface area contributed by atoms with Crippen LogP contribution in [-0.4, -0.2) is 10.9 Å². The number of benzene rings is 1. The van der Waals surface area contributed by atoms with E-state index in [0.29, 0.717) is 16.3 Å². The average Bonchev–Trinajstić information content (AvgIpc) is 2.37. The monoisotopic (exact) mass is 274 g/mol. The van der Waals surface area contributed by atoms with Gasteiger partial charge in [0.2, 0.25) is 0 Å². The highest BCUT2D eigenvalue weighted by Crippen LogP contribution is 2.21. The predicted octanol–water partition coefficient (Wildman–Crippen LogP) is 3.91. The Hall–Kier alpha value is -1.87.